The van der Waals surface area contributed by atoms with Gasteiger partial charge in [0, 0.05) is 12.6 Å². The van der Waals surface area contributed by atoms with Gasteiger partial charge in [0.15, 0.2) is 5.69 Å². The minimum absolute atomic E-state index is 0.0213. The first-order valence-corrected chi connectivity index (χ1v) is 8.08. The lowest BCUT2D eigenvalue weighted by Crippen LogP contribution is -1.99. The number of aromatic nitrogens is 2. The fourth-order valence-corrected chi connectivity index (χ4v) is 2.85. The second-order valence-corrected chi connectivity index (χ2v) is 6.12. The summed E-state index contributed by atoms with van der Waals surface area (Å²) in [5.41, 5.74) is 2.69. The van der Waals surface area contributed by atoms with Gasteiger partial charge in [-0.1, -0.05) is 30.3 Å². The van der Waals surface area contributed by atoms with Crippen LogP contribution in [0.15, 0.2) is 59.1 Å². The number of aromatic carboxylic acids is 1. The zero-order chi connectivity index (χ0) is 17.1. The Morgan fingerprint density at radius 2 is 1.96 bits per heavy atom. The molecule has 0 unspecified atom stereocenters. The number of benzene rings is 2. The van der Waals surface area contributed by atoms with Gasteiger partial charge in [0.25, 0.3) is 0 Å². The molecule has 5 nitrogen and oxygen atoms in total. The molecular weight excluding hydrogens is 372 g/mol. The first-order chi connectivity index (χ1) is 11.5. The van der Waals surface area contributed by atoms with E-state index in [9.17, 15) is 4.79 Å². The van der Waals surface area contributed by atoms with Crippen molar-refractivity contribution >= 4 is 21.9 Å². The minimum Gasteiger partial charge on any atom is -0.488 e. The van der Waals surface area contributed by atoms with E-state index < -0.39 is 5.97 Å². The predicted molar refractivity (Wildman–Crippen MR) is 94.1 cm³/mol. The van der Waals surface area contributed by atoms with Gasteiger partial charge in [-0.3, -0.25) is 4.68 Å². The van der Waals surface area contributed by atoms with Crippen LogP contribution in [0.4, 0.5) is 0 Å². The minimum atomic E-state index is -1.04. The van der Waals surface area contributed by atoms with Crippen molar-refractivity contribution in [1.29, 1.82) is 0 Å². The van der Waals surface area contributed by atoms with Crippen LogP contribution in [-0.2, 0) is 13.7 Å². The third kappa shape index (κ3) is 3.49. The Hall–Kier alpha value is -2.60. The monoisotopic (exact) mass is 386 g/mol. The van der Waals surface area contributed by atoms with Crippen molar-refractivity contribution in [3.05, 3.63) is 70.3 Å². The topological polar surface area (TPSA) is 64.4 Å². The van der Waals surface area contributed by atoms with E-state index in [-0.39, 0.29) is 5.69 Å². The van der Waals surface area contributed by atoms with Crippen LogP contribution < -0.4 is 4.74 Å². The standard InChI is InChI=1S/C18H15BrN2O3/c1-21-16(10-15(20-21)18(22)23)13-7-8-17(14(19)9-13)24-11-12-5-3-2-4-6-12/h2-10H,11H2,1H3,(H,22,23). The second kappa shape index (κ2) is 6.88. The van der Waals surface area contributed by atoms with Crippen LogP contribution in [0.5, 0.6) is 5.75 Å². The van der Waals surface area contributed by atoms with Crippen molar-refractivity contribution < 1.29 is 14.6 Å². The molecule has 0 radical (unpaired) electrons. The number of carboxylic acid groups (broad SMARTS) is 1. The number of carboxylic acids is 1. The molecule has 6 heteroatoms. The van der Waals surface area contributed by atoms with E-state index in [0.29, 0.717) is 6.61 Å². The summed E-state index contributed by atoms with van der Waals surface area (Å²) in [4.78, 5) is 11.0. The number of halogens is 1. The number of rotatable bonds is 5. The number of nitrogens with zero attached hydrogens (tertiary/aromatic N) is 2. The van der Waals surface area contributed by atoms with E-state index >= 15 is 0 Å². The van der Waals surface area contributed by atoms with Gasteiger partial charge >= 0.3 is 5.97 Å². The molecule has 0 amide bonds. The first kappa shape index (κ1) is 16.3. The Balaban J connectivity index is 1.81. The molecule has 3 rings (SSSR count). The highest BCUT2D eigenvalue weighted by atomic mass is 79.9. The van der Waals surface area contributed by atoms with Crippen LogP contribution >= 0.6 is 15.9 Å². The highest BCUT2D eigenvalue weighted by molar-refractivity contribution is 9.10. The number of aryl methyl sites for hydroxylation is 1. The average Bonchev–Trinajstić information content (AvgIpc) is 2.97. The molecule has 0 aliphatic rings. The maximum atomic E-state index is 11.0. The van der Waals surface area contributed by atoms with Crippen LogP contribution in [0.2, 0.25) is 0 Å². The van der Waals surface area contributed by atoms with Gasteiger partial charge in [-0.25, -0.2) is 4.79 Å². The molecular formula is C18H15BrN2O3. The van der Waals surface area contributed by atoms with Gasteiger partial charge in [-0.05, 0) is 45.8 Å². The highest BCUT2D eigenvalue weighted by Crippen LogP contribution is 2.31. The van der Waals surface area contributed by atoms with E-state index in [1.54, 1.807) is 17.8 Å². The summed E-state index contributed by atoms with van der Waals surface area (Å²) in [6.45, 7) is 0.480. The van der Waals surface area contributed by atoms with Crippen LogP contribution in [0.1, 0.15) is 16.1 Å². The van der Waals surface area contributed by atoms with E-state index in [1.165, 1.54) is 0 Å². The Morgan fingerprint density at radius 3 is 2.58 bits per heavy atom. The molecule has 0 aliphatic heterocycles. The van der Waals surface area contributed by atoms with E-state index in [4.69, 9.17) is 9.84 Å². The maximum absolute atomic E-state index is 11.0. The Kier molecular flexibility index (Phi) is 4.66. The lowest BCUT2D eigenvalue weighted by Gasteiger charge is -2.10. The van der Waals surface area contributed by atoms with E-state index in [1.807, 2.05) is 48.5 Å². The summed E-state index contributed by atoms with van der Waals surface area (Å²) < 4.78 is 8.18. The molecule has 3 aromatic rings. The van der Waals surface area contributed by atoms with Crippen molar-refractivity contribution in [2.45, 2.75) is 6.61 Å². The molecule has 24 heavy (non-hydrogen) atoms. The molecule has 0 fully saturated rings. The summed E-state index contributed by atoms with van der Waals surface area (Å²) in [6.07, 6.45) is 0. The fraction of sp³-hybridized carbons (Fsp3) is 0.111. The number of hydrogen-bond donors (Lipinski definition) is 1. The molecule has 122 valence electrons. The zero-order valence-electron chi connectivity index (χ0n) is 12.9. The van der Waals surface area contributed by atoms with Gasteiger partial charge < -0.3 is 9.84 Å². The third-order valence-corrected chi connectivity index (χ3v) is 4.18. The number of carbonyl (C=O) groups is 1. The molecule has 1 heterocycles. The number of hydrogen-bond acceptors (Lipinski definition) is 3. The smallest absolute Gasteiger partial charge is 0.356 e. The molecule has 0 saturated carbocycles. The van der Waals surface area contributed by atoms with Crippen LogP contribution in [0.3, 0.4) is 0 Å². The van der Waals surface area contributed by atoms with Crippen molar-refractivity contribution in [3.8, 4) is 17.0 Å². The van der Waals surface area contributed by atoms with Crippen molar-refractivity contribution in [2.75, 3.05) is 0 Å². The van der Waals surface area contributed by atoms with Gasteiger partial charge in [-0.2, -0.15) is 5.10 Å². The van der Waals surface area contributed by atoms with Crippen molar-refractivity contribution in [3.63, 3.8) is 0 Å². The van der Waals surface area contributed by atoms with E-state index in [0.717, 1.165) is 27.0 Å². The summed E-state index contributed by atoms with van der Waals surface area (Å²) in [6, 6.07) is 17.1. The average molecular weight is 387 g/mol. The van der Waals surface area contributed by atoms with Gasteiger partial charge in [-0.15, -0.1) is 0 Å². The van der Waals surface area contributed by atoms with Crippen LogP contribution in [0.25, 0.3) is 11.3 Å². The molecule has 0 atom stereocenters. The molecule has 0 bridgehead atoms. The van der Waals surface area contributed by atoms with Gasteiger partial charge in [0.05, 0.1) is 10.2 Å². The highest BCUT2D eigenvalue weighted by Gasteiger charge is 2.14. The predicted octanol–water partition coefficient (Wildman–Crippen LogP) is 4.13. The lowest BCUT2D eigenvalue weighted by atomic mass is 10.1. The molecule has 0 saturated heterocycles. The van der Waals surface area contributed by atoms with Crippen molar-refractivity contribution in [2.24, 2.45) is 7.05 Å². The molecule has 1 N–H and O–H groups in total. The summed E-state index contributed by atoms with van der Waals surface area (Å²) in [5, 5.41) is 13.0. The molecule has 0 spiro atoms. The summed E-state index contributed by atoms with van der Waals surface area (Å²) in [7, 11) is 1.72. The SMILES string of the molecule is Cn1nc(C(=O)O)cc1-c1ccc(OCc2ccccc2)c(Br)c1. The molecule has 0 aliphatic carbocycles. The Bertz CT molecular complexity index is 875. The van der Waals surface area contributed by atoms with Gasteiger partial charge in [0.1, 0.15) is 12.4 Å². The second-order valence-electron chi connectivity index (χ2n) is 5.26. The Labute approximate surface area is 147 Å². The normalized spacial score (nSPS) is 10.6. The summed E-state index contributed by atoms with van der Waals surface area (Å²) >= 11 is 3.51. The quantitative estimate of drug-likeness (QED) is 0.715. The Morgan fingerprint density at radius 1 is 1.21 bits per heavy atom. The van der Waals surface area contributed by atoms with Crippen LogP contribution in [0, 0.1) is 0 Å². The maximum Gasteiger partial charge on any atom is 0.356 e. The van der Waals surface area contributed by atoms with E-state index in [2.05, 4.69) is 21.0 Å². The lowest BCUT2D eigenvalue weighted by molar-refractivity contribution is 0.0689. The molecule has 2 aromatic carbocycles. The number of ether oxygens (including phenoxy) is 1. The molecule has 1 aromatic heterocycles. The first-order valence-electron chi connectivity index (χ1n) is 7.28. The van der Waals surface area contributed by atoms with Gasteiger partial charge in [0.2, 0.25) is 0 Å². The summed E-state index contributed by atoms with van der Waals surface area (Å²) in [5.74, 6) is -0.318. The van der Waals surface area contributed by atoms with Crippen LogP contribution in [-0.4, -0.2) is 20.9 Å². The van der Waals surface area contributed by atoms with Crippen molar-refractivity contribution in [1.82, 2.24) is 9.78 Å². The zero-order valence-corrected chi connectivity index (χ0v) is 14.5. The largest absolute Gasteiger partial charge is 0.488 e. The third-order valence-electron chi connectivity index (χ3n) is 3.56. The fourth-order valence-electron chi connectivity index (χ4n) is 2.35.